The minimum Gasteiger partial charge on any atom is -0.469 e. The van der Waals surface area contributed by atoms with E-state index in [0.29, 0.717) is 5.15 Å². The summed E-state index contributed by atoms with van der Waals surface area (Å²) in [6, 6.07) is 3.57. The van der Waals surface area contributed by atoms with E-state index in [1.165, 1.54) is 7.11 Å². The number of esters is 1. The molecule has 1 rings (SSSR count). The summed E-state index contributed by atoms with van der Waals surface area (Å²) in [6.07, 6.45) is 3.83. The van der Waals surface area contributed by atoms with E-state index in [1.807, 2.05) is 19.1 Å². The highest BCUT2D eigenvalue weighted by Gasteiger charge is 1.98. The van der Waals surface area contributed by atoms with Crippen molar-refractivity contribution in [3.05, 3.63) is 34.6 Å². The fourth-order valence-corrected chi connectivity index (χ4v) is 1.27. The SMILES string of the molecule is COC(=O)CC=Cc1ccc(Cl)nc1C. The largest absolute Gasteiger partial charge is 0.469 e. The Balaban J connectivity index is 2.68. The average molecular weight is 226 g/mol. The van der Waals surface area contributed by atoms with Crippen LogP contribution in [0, 0.1) is 6.92 Å². The molecule has 0 atom stereocenters. The molecule has 0 radical (unpaired) electrons. The third kappa shape index (κ3) is 3.72. The van der Waals surface area contributed by atoms with Gasteiger partial charge in [0.25, 0.3) is 0 Å². The molecule has 1 heterocycles. The Morgan fingerprint density at radius 1 is 1.60 bits per heavy atom. The number of hydrogen-bond acceptors (Lipinski definition) is 3. The lowest BCUT2D eigenvalue weighted by Crippen LogP contribution is -1.96. The highest BCUT2D eigenvalue weighted by atomic mass is 35.5. The van der Waals surface area contributed by atoms with Crippen LogP contribution >= 0.6 is 11.6 Å². The Kier molecular flexibility index (Phi) is 4.31. The zero-order valence-electron chi connectivity index (χ0n) is 8.66. The normalized spacial score (nSPS) is 10.6. The first kappa shape index (κ1) is 11.7. The number of rotatable bonds is 3. The zero-order valence-corrected chi connectivity index (χ0v) is 9.41. The lowest BCUT2D eigenvalue weighted by molar-refractivity contribution is -0.139. The molecule has 0 spiro atoms. The van der Waals surface area contributed by atoms with Gasteiger partial charge in [0.15, 0.2) is 0 Å². The van der Waals surface area contributed by atoms with E-state index in [-0.39, 0.29) is 12.4 Å². The minimum absolute atomic E-state index is 0.258. The molecule has 0 amide bonds. The third-order valence-electron chi connectivity index (χ3n) is 1.90. The molecule has 3 nitrogen and oxygen atoms in total. The van der Waals surface area contributed by atoms with Crippen LogP contribution in [0.4, 0.5) is 0 Å². The Morgan fingerprint density at radius 2 is 2.33 bits per heavy atom. The van der Waals surface area contributed by atoms with E-state index in [1.54, 1.807) is 12.1 Å². The van der Waals surface area contributed by atoms with Crippen LogP contribution < -0.4 is 0 Å². The van der Waals surface area contributed by atoms with Crippen LogP contribution in [0.3, 0.4) is 0 Å². The van der Waals surface area contributed by atoms with Gasteiger partial charge in [0, 0.05) is 5.69 Å². The highest BCUT2D eigenvalue weighted by molar-refractivity contribution is 6.29. The summed E-state index contributed by atoms with van der Waals surface area (Å²) in [5, 5.41) is 0.470. The van der Waals surface area contributed by atoms with Gasteiger partial charge in [-0.3, -0.25) is 4.79 Å². The van der Waals surface area contributed by atoms with E-state index in [0.717, 1.165) is 11.3 Å². The summed E-state index contributed by atoms with van der Waals surface area (Å²) in [5.74, 6) is -0.258. The zero-order chi connectivity index (χ0) is 11.3. The first-order valence-electron chi connectivity index (χ1n) is 4.50. The van der Waals surface area contributed by atoms with Crippen LogP contribution in [0.15, 0.2) is 18.2 Å². The third-order valence-corrected chi connectivity index (χ3v) is 2.11. The van der Waals surface area contributed by atoms with Gasteiger partial charge in [0.2, 0.25) is 0 Å². The van der Waals surface area contributed by atoms with Crippen molar-refractivity contribution in [1.82, 2.24) is 4.98 Å². The molecule has 0 unspecified atom stereocenters. The van der Waals surface area contributed by atoms with Gasteiger partial charge >= 0.3 is 5.97 Å². The summed E-state index contributed by atoms with van der Waals surface area (Å²) in [6.45, 7) is 1.86. The van der Waals surface area contributed by atoms with Gasteiger partial charge in [0.05, 0.1) is 13.5 Å². The Labute approximate surface area is 93.7 Å². The van der Waals surface area contributed by atoms with Crippen molar-refractivity contribution < 1.29 is 9.53 Å². The number of pyridine rings is 1. The number of aryl methyl sites for hydroxylation is 1. The topological polar surface area (TPSA) is 39.2 Å². The monoisotopic (exact) mass is 225 g/mol. The van der Waals surface area contributed by atoms with Gasteiger partial charge in [0.1, 0.15) is 5.15 Å². The van der Waals surface area contributed by atoms with Crippen molar-refractivity contribution >= 4 is 23.6 Å². The minimum atomic E-state index is -0.258. The first-order chi connectivity index (χ1) is 7.13. The summed E-state index contributed by atoms with van der Waals surface area (Å²) in [5.41, 5.74) is 1.78. The molecule has 4 heteroatoms. The van der Waals surface area contributed by atoms with Crippen molar-refractivity contribution in [2.75, 3.05) is 7.11 Å². The van der Waals surface area contributed by atoms with Crippen molar-refractivity contribution in [3.8, 4) is 0 Å². The second-order valence-electron chi connectivity index (χ2n) is 2.99. The fraction of sp³-hybridized carbons (Fsp3) is 0.273. The van der Waals surface area contributed by atoms with Crippen LogP contribution in [-0.4, -0.2) is 18.1 Å². The van der Waals surface area contributed by atoms with E-state index in [4.69, 9.17) is 11.6 Å². The molecule has 80 valence electrons. The van der Waals surface area contributed by atoms with Gasteiger partial charge < -0.3 is 4.74 Å². The number of nitrogens with zero attached hydrogens (tertiary/aromatic N) is 1. The highest BCUT2D eigenvalue weighted by Crippen LogP contribution is 2.12. The summed E-state index contributed by atoms with van der Waals surface area (Å²) >= 11 is 5.71. The molecule has 0 saturated heterocycles. The van der Waals surface area contributed by atoms with Crippen molar-refractivity contribution in [2.45, 2.75) is 13.3 Å². The van der Waals surface area contributed by atoms with Crippen LogP contribution in [0.25, 0.3) is 6.08 Å². The Morgan fingerprint density at radius 3 is 2.93 bits per heavy atom. The predicted octanol–water partition coefficient (Wildman–Crippen LogP) is 2.62. The Bertz CT molecular complexity index is 388. The maximum atomic E-state index is 10.8. The molecule has 1 aromatic rings. The van der Waals surface area contributed by atoms with Crippen LogP contribution in [0.1, 0.15) is 17.7 Å². The van der Waals surface area contributed by atoms with E-state index in [9.17, 15) is 4.79 Å². The number of hydrogen-bond donors (Lipinski definition) is 0. The smallest absolute Gasteiger partial charge is 0.309 e. The van der Waals surface area contributed by atoms with Crippen LogP contribution in [0.2, 0.25) is 5.15 Å². The molecule has 0 N–H and O–H groups in total. The lowest BCUT2D eigenvalue weighted by atomic mass is 10.2. The number of carbonyl (C=O) groups excluding carboxylic acids is 1. The molecule has 0 fully saturated rings. The molecule has 0 aliphatic rings. The summed E-state index contributed by atoms with van der Waals surface area (Å²) in [4.78, 5) is 14.9. The first-order valence-corrected chi connectivity index (χ1v) is 4.88. The number of methoxy groups -OCH3 is 1. The molecule has 15 heavy (non-hydrogen) atoms. The molecule has 1 aromatic heterocycles. The van der Waals surface area contributed by atoms with Crippen molar-refractivity contribution in [2.24, 2.45) is 0 Å². The quantitative estimate of drug-likeness (QED) is 0.586. The van der Waals surface area contributed by atoms with Gasteiger partial charge in [-0.2, -0.15) is 0 Å². The number of aromatic nitrogens is 1. The van der Waals surface area contributed by atoms with Crippen LogP contribution in [0.5, 0.6) is 0 Å². The molecule has 0 aromatic carbocycles. The lowest BCUT2D eigenvalue weighted by Gasteiger charge is -1.99. The Hall–Kier alpha value is -1.35. The van der Waals surface area contributed by atoms with E-state index >= 15 is 0 Å². The molecular formula is C11H12ClNO2. The summed E-state index contributed by atoms with van der Waals surface area (Å²) < 4.78 is 4.51. The second kappa shape index (κ2) is 5.51. The summed E-state index contributed by atoms with van der Waals surface area (Å²) in [7, 11) is 1.37. The molecule has 0 bridgehead atoms. The number of halogens is 1. The predicted molar refractivity (Wildman–Crippen MR) is 59.7 cm³/mol. The molecule has 0 aliphatic carbocycles. The van der Waals surface area contributed by atoms with Gasteiger partial charge in [-0.15, -0.1) is 0 Å². The standard InChI is InChI=1S/C11H12ClNO2/c1-8-9(6-7-10(12)13-8)4-3-5-11(14)15-2/h3-4,6-7H,5H2,1-2H3. The van der Waals surface area contributed by atoms with E-state index < -0.39 is 0 Å². The molecule has 0 aliphatic heterocycles. The molecule has 0 saturated carbocycles. The van der Waals surface area contributed by atoms with Crippen molar-refractivity contribution in [1.29, 1.82) is 0 Å². The van der Waals surface area contributed by atoms with E-state index in [2.05, 4.69) is 9.72 Å². The van der Waals surface area contributed by atoms with Gasteiger partial charge in [-0.05, 0) is 18.6 Å². The van der Waals surface area contributed by atoms with Crippen molar-refractivity contribution in [3.63, 3.8) is 0 Å². The maximum absolute atomic E-state index is 10.8. The second-order valence-corrected chi connectivity index (χ2v) is 3.38. The van der Waals surface area contributed by atoms with Gasteiger partial charge in [-0.1, -0.05) is 29.8 Å². The van der Waals surface area contributed by atoms with Gasteiger partial charge in [-0.25, -0.2) is 4.98 Å². The average Bonchev–Trinajstić information content (AvgIpc) is 2.21. The fourth-order valence-electron chi connectivity index (χ4n) is 1.08. The van der Waals surface area contributed by atoms with Crippen LogP contribution in [-0.2, 0) is 9.53 Å². The number of carbonyl (C=O) groups is 1. The maximum Gasteiger partial charge on any atom is 0.309 e. The number of ether oxygens (including phenoxy) is 1. The molecular weight excluding hydrogens is 214 g/mol.